The standard InChI is InChI=1S/C11H20S/c1-6-7(2)10-5-12-9(4)11(10)8(6)3/h6-11H,5H2,1-4H3. The zero-order valence-electron chi connectivity index (χ0n) is 8.58. The molecule has 6 unspecified atom stereocenters. The molecule has 1 aliphatic carbocycles. The summed E-state index contributed by atoms with van der Waals surface area (Å²) < 4.78 is 0. The van der Waals surface area contributed by atoms with E-state index in [2.05, 4.69) is 39.5 Å². The topological polar surface area (TPSA) is 0 Å². The van der Waals surface area contributed by atoms with Crippen LogP contribution in [0, 0.1) is 29.6 Å². The number of hydrogen-bond donors (Lipinski definition) is 0. The molecule has 2 aliphatic rings. The van der Waals surface area contributed by atoms with Crippen LogP contribution in [0.2, 0.25) is 0 Å². The predicted octanol–water partition coefficient (Wildman–Crippen LogP) is 3.28. The van der Waals surface area contributed by atoms with Crippen LogP contribution in [0.1, 0.15) is 27.7 Å². The molecule has 1 saturated heterocycles. The van der Waals surface area contributed by atoms with Crippen LogP contribution in [0.15, 0.2) is 0 Å². The molecule has 6 atom stereocenters. The maximum Gasteiger partial charge on any atom is 0.00527 e. The third-order valence-corrected chi connectivity index (χ3v) is 5.95. The van der Waals surface area contributed by atoms with E-state index in [0.717, 1.165) is 34.8 Å². The highest BCUT2D eigenvalue weighted by molar-refractivity contribution is 8.00. The summed E-state index contributed by atoms with van der Waals surface area (Å²) >= 11 is 2.20. The van der Waals surface area contributed by atoms with Crippen molar-refractivity contribution in [2.24, 2.45) is 29.6 Å². The number of hydrogen-bond acceptors (Lipinski definition) is 1. The Kier molecular flexibility index (Phi) is 2.18. The Hall–Kier alpha value is 0.350. The molecule has 0 spiro atoms. The first-order valence-electron chi connectivity index (χ1n) is 5.24. The Labute approximate surface area is 80.5 Å². The van der Waals surface area contributed by atoms with Gasteiger partial charge in [0.25, 0.3) is 0 Å². The molecule has 0 radical (unpaired) electrons. The number of rotatable bonds is 0. The van der Waals surface area contributed by atoms with E-state index in [1.807, 2.05) is 0 Å². The Balaban J connectivity index is 2.20. The van der Waals surface area contributed by atoms with E-state index in [1.165, 1.54) is 5.75 Å². The van der Waals surface area contributed by atoms with Crippen LogP contribution < -0.4 is 0 Å². The lowest BCUT2D eigenvalue weighted by Gasteiger charge is -2.20. The molecular weight excluding hydrogens is 164 g/mol. The molecule has 1 saturated carbocycles. The van der Waals surface area contributed by atoms with Gasteiger partial charge in [-0.15, -0.1) is 0 Å². The lowest BCUT2D eigenvalue weighted by Crippen LogP contribution is -2.18. The molecule has 1 heteroatoms. The molecule has 0 aromatic rings. The minimum Gasteiger partial charge on any atom is -0.158 e. The fraction of sp³-hybridized carbons (Fsp3) is 1.00. The minimum absolute atomic E-state index is 0.928. The molecule has 2 fully saturated rings. The van der Waals surface area contributed by atoms with Gasteiger partial charge in [0.2, 0.25) is 0 Å². The van der Waals surface area contributed by atoms with Gasteiger partial charge in [-0.2, -0.15) is 11.8 Å². The molecule has 1 heterocycles. The van der Waals surface area contributed by atoms with Crippen molar-refractivity contribution in [3.63, 3.8) is 0 Å². The molecule has 1 aliphatic heterocycles. The third kappa shape index (κ3) is 1.05. The van der Waals surface area contributed by atoms with Gasteiger partial charge in [0.15, 0.2) is 0 Å². The van der Waals surface area contributed by atoms with Crippen LogP contribution in [-0.4, -0.2) is 11.0 Å². The molecule has 0 aromatic carbocycles. The van der Waals surface area contributed by atoms with Gasteiger partial charge in [-0.25, -0.2) is 0 Å². The summed E-state index contributed by atoms with van der Waals surface area (Å²) in [5, 5.41) is 0.928. The summed E-state index contributed by atoms with van der Waals surface area (Å²) in [6.45, 7) is 9.81. The third-order valence-electron chi connectivity index (χ3n) is 4.53. The van der Waals surface area contributed by atoms with E-state index in [0.29, 0.717) is 0 Å². The fourth-order valence-corrected chi connectivity index (χ4v) is 5.10. The first-order chi connectivity index (χ1) is 5.63. The van der Waals surface area contributed by atoms with E-state index < -0.39 is 0 Å². The SMILES string of the molecule is CC1SCC2C(C)C(C)C(C)C12. The van der Waals surface area contributed by atoms with Crippen LogP contribution >= 0.6 is 11.8 Å². The van der Waals surface area contributed by atoms with Gasteiger partial charge >= 0.3 is 0 Å². The van der Waals surface area contributed by atoms with Crippen molar-refractivity contribution < 1.29 is 0 Å². The van der Waals surface area contributed by atoms with Gasteiger partial charge in [-0.1, -0.05) is 27.7 Å². The summed E-state index contributed by atoms with van der Waals surface area (Å²) in [6, 6.07) is 0. The van der Waals surface area contributed by atoms with Crippen molar-refractivity contribution in [1.29, 1.82) is 0 Å². The lowest BCUT2D eigenvalue weighted by atomic mass is 9.87. The molecule has 70 valence electrons. The molecule has 0 amide bonds. The second kappa shape index (κ2) is 2.94. The Morgan fingerprint density at radius 1 is 0.917 bits per heavy atom. The van der Waals surface area contributed by atoms with Crippen LogP contribution in [0.3, 0.4) is 0 Å². The van der Waals surface area contributed by atoms with Gasteiger partial charge in [0, 0.05) is 5.25 Å². The highest BCUT2D eigenvalue weighted by atomic mass is 32.2. The molecule has 2 rings (SSSR count). The van der Waals surface area contributed by atoms with Crippen molar-refractivity contribution in [2.45, 2.75) is 32.9 Å². The van der Waals surface area contributed by atoms with Crippen LogP contribution in [0.25, 0.3) is 0 Å². The predicted molar refractivity (Wildman–Crippen MR) is 56.4 cm³/mol. The maximum absolute atomic E-state index is 2.47. The zero-order chi connectivity index (χ0) is 8.88. The summed E-state index contributed by atoms with van der Waals surface area (Å²) in [5.74, 6) is 6.40. The van der Waals surface area contributed by atoms with Crippen molar-refractivity contribution in [3.05, 3.63) is 0 Å². The van der Waals surface area contributed by atoms with Crippen LogP contribution in [0.4, 0.5) is 0 Å². The van der Waals surface area contributed by atoms with E-state index in [1.54, 1.807) is 0 Å². The molecular formula is C11H20S. The first-order valence-corrected chi connectivity index (χ1v) is 6.29. The van der Waals surface area contributed by atoms with Crippen molar-refractivity contribution in [2.75, 3.05) is 5.75 Å². The molecule has 0 nitrogen and oxygen atoms in total. The average molecular weight is 184 g/mol. The quantitative estimate of drug-likeness (QED) is 0.557. The Morgan fingerprint density at radius 2 is 1.58 bits per heavy atom. The Morgan fingerprint density at radius 3 is 2.17 bits per heavy atom. The van der Waals surface area contributed by atoms with Gasteiger partial charge in [-0.05, 0) is 35.3 Å². The van der Waals surface area contributed by atoms with E-state index in [-0.39, 0.29) is 0 Å². The van der Waals surface area contributed by atoms with Crippen LogP contribution in [0.5, 0.6) is 0 Å². The lowest BCUT2D eigenvalue weighted by molar-refractivity contribution is 0.336. The van der Waals surface area contributed by atoms with Crippen molar-refractivity contribution in [1.82, 2.24) is 0 Å². The largest absolute Gasteiger partial charge is 0.158 e. The van der Waals surface area contributed by atoms with Gasteiger partial charge in [0.05, 0.1) is 0 Å². The normalized spacial score (nSPS) is 59.0. The fourth-order valence-electron chi connectivity index (χ4n) is 3.37. The van der Waals surface area contributed by atoms with Gasteiger partial charge < -0.3 is 0 Å². The summed E-state index contributed by atoms with van der Waals surface area (Å²) in [5.41, 5.74) is 0. The van der Waals surface area contributed by atoms with Crippen LogP contribution in [-0.2, 0) is 0 Å². The van der Waals surface area contributed by atoms with Gasteiger partial charge in [-0.3, -0.25) is 0 Å². The maximum atomic E-state index is 2.47. The minimum atomic E-state index is 0.928. The molecule has 0 N–H and O–H groups in total. The highest BCUT2D eigenvalue weighted by Crippen LogP contribution is 2.54. The number of thioether (sulfide) groups is 1. The van der Waals surface area contributed by atoms with E-state index in [4.69, 9.17) is 0 Å². The zero-order valence-corrected chi connectivity index (χ0v) is 9.40. The molecule has 0 bridgehead atoms. The second-order valence-electron chi connectivity index (χ2n) is 4.86. The summed E-state index contributed by atoms with van der Waals surface area (Å²) in [6.07, 6.45) is 0. The van der Waals surface area contributed by atoms with E-state index in [9.17, 15) is 0 Å². The highest BCUT2D eigenvalue weighted by Gasteiger charge is 2.49. The van der Waals surface area contributed by atoms with Crippen molar-refractivity contribution in [3.8, 4) is 0 Å². The molecule has 0 aromatic heterocycles. The molecule has 12 heavy (non-hydrogen) atoms. The average Bonchev–Trinajstić information content (AvgIpc) is 2.51. The number of fused-ring (bicyclic) bond motifs is 1. The van der Waals surface area contributed by atoms with Crippen molar-refractivity contribution >= 4 is 11.8 Å². The summed E-state index contributed by atoms with van der Waals surface area (Å²) in [4.78, 5) is 0. The van der Waals surface area contributed by atoms with E-state index >= 15 is 0 Å². The van der Waals surface area contributed by atoms with Gasteiger partial charge in [0.1, 0.15) is 0 Å². The monoisotopic (exact) mass is 184 g/mol. The first kappa shape index (κ1) is 8.93. The smallest absolute Gasteiger partial charge is 0.00527 e. The Bertz CT molecular complexity index is 178. The second-order valence-corrected chi connectivity index (χ2v) is 6.27. The summed E-state index contributed by atoms with van der Waals surface area (Å²) in [7, 11) is 0.